The van der Waals surface area contributed by atoms with Crippen molar-refractivity contribution in [2.45, 2.75) is 49.8 Å². The van der Waals surface area contributed by atoms with E-state index in [1.54, 1.807) is 12.4 Å². The summed E-state index contributed by atoms with van der Waals surface area (Å²) in [5.74, 6) is -3.08. The maximum absolute atomic E-state index is 13.5. The molecule has 2 aliphatic carbocycles. The number of aromatic amines is 1. The molecule has 2 saturated carbocycles. The van der Waals surface area contributed by atoms with Gasteiger partial charge in [0, 0.05) is 61.1 Å². The first-order chi connectivity index (χ1) is 15.8. The van der Waals surface area contributed by atoms with Gasteiger partial charge in [0.05, 0.1) is 23.0 Å². The van der Waals surface area contributed by atoms with Crippen molar-refractivity contribution < 1.29 is 23.1 Å². The lowest BCUT2D eigenvalue weighted by Crippen LogP contribution is -2.49. The fourth-order valence-electron chi connectivity index (χ4n) is 4.28. The maximum Gasteiger partial charge on any atom is 0.404 e. The second-order valence-electron chi connectivity index (χ2n) is 8.57. The first kappa shape index (κ1) is 21.1. The minimum atomic E-state index is -2.70. The molecule has 0 atom stereocenters. The number of halogens is 2. The van der Waals surface area contributed by atoms with Gasteiger partial charge in [-0.05, 0) is 17.7 Å². The van der Waals surface area contributed by atoms with E-state index in [0.29, 0.717) is 29.4 Å². The van der Waals surface area contributed by atoms with Crippen LogP contribution in [0.5, 0.6) is 0 Å². The van der Waals surface area contributed by atoms with Crippen molar-refractivity contribution in [2.75, 3.05) is 5.32 Å². The summed E-state index contributed by atoms with van der Waals surface area (Å²) >= 11 is 0. The fraction of sp³-hybridized carbons (Fsp3) is 0.364. The van der Waals surface area contributed by atoms with Gasteiger partial charge in [0.15, 0.2) is 0 Å². The van der Waals surface area contributed by atoms with Gasteiger partial charge in [0.1, 0.15) is 6.10 Å². The van der Waals surface area contributed by atoms with Crippen LogP contribution in [0.3, 0.4) is 0 Å². The Bertz CT molecular complexity index is 1200. The molecule has 5 rings (SSSR count). The summed E-state index contributed by atoms with van der Waals surface area (Å²) in [5.41, 5.74) is 8.08. The third kappa shape index (κ3) is 4.30. The number of fused-ring (bicyclic) bond motifs is 1. The van der Waals surface area contributed by atoms with E-state index in [0.717, 1.165) is 11.1 Å². The predicted octanol–water partition coefficient (Wildman–Crippen LogP) is 3.19. The Balaban J connectivity index is 1.44. The predicted molar refractivity (Wildman–Crippen MR) is 116 cm³/mol. The van der Waals surface area contributed by atoms with Gasteiger partial charge in [-0.25, -0.2) is 13.6 Å². The lowest BCUT2D eigenvalue weighted by Gasteiger charge is -2.37. The second-order valence-corrected chi connectivity index (χ2v) is 8.57. The molecule has 2 heterocycles. The number of amides is 2. The van der Waals surface area contributed by atoms with Gasteiger partial charge in [-0.2, -0.15) is 5.10 Å². The molecule has 2 fully saturated rings. The number of alkyl halides is 2. The maximum atomic E-state index is 13.5. The Labute approximate surface area is 187 Å². The number of hydrogen-bond donors (Lipinski definition) is 4. The zero-order valence-corrected chi connectivity index (χ0v) is 17.5. The highest BCUT2D eigenvalue weighted by atomic mass is 19.3. The molecule has 9 nitrogen and oxygen atoms in total. The summed E-state index contributed by atoms with van der Waals surface area (Å²) in [4.78, 5) is 28.3. The van der Waals surface area contributed by atoms with Crippen LogP contribution in [-0.4, -0.2) is 51.3 Å². The number of primary amides is 1. The molecule has 172 valence electrons. The minimum Gasteiger partial charge on any atom is -0.446 e. The van der Waals surface area contributed by atoms with Gasteiger partial charge in [0.2, 0.25) is 0 Å². The summed E-state index contributed by atoms with van der Waals surface area (Å²) in [5, 5.41) is 13.4. The van der Waals surface area contributed by atoms with E-state index in [4.69, 9.17) is 10.5 Å². The summed E-state index contributed by atoms with van der Waals surface area (Å²) in [6, 6.07) is 4.93. The molecule has 0 aliphatic heterocycles. The number of benzene rings is 1. The van der Waals surface area contributed by atoms with E-state index in [2.05, 4.69) is 25.8 Å². The monoisotopic (exact) mass is 456 g/mol. The van der Waals surface area contributed by atoms with Gasteiger partial charge < -0.3 is 21.1 Å². The summed E-state index contributed by atoms with van der Waals surface area (Å²) in [6.45, 7) is 0. The molecule has 0 radical (unpaired) electrons. The van der Waals surface area contributed by atoms with Gasteiger partial charge >= 0.3 is 6.09 Å². The molecule has 33 heavy (non-hydrogen) atoms. The lowest BCUT2D eigenvalue weighted by molar-refractivity contribution is -0.0793. The zero-order valence-electron chi connectivity index (χ0n) is 17.5. The fourth-order valence-corrected chi connectivity index (χ4v) is 4.28. The summed E-state index contributed by atoms with van der Waals surface area (Å²) < 4.78 is 31.9. The zero-order chi connectivity index (χ0) is 23.2. The number of pyridine rings is 1. The van der Waals surface area contributed by atoms with Gasteiger partial charge in [-0.15, -0.1) is 0 Å². The molecule has 0 saturated heterocycles. The molecule has 3 aromatic rings. The molecule has 0 unspecified atom stereocenters. The topological polar surface area (TPSA) is 135 Å². The SMILES string of the molecule is NC(=O)O[C@H]1C[C@H](NC(=O)c2cnc3ccc(-c4cn[nH]c4)cc3c2NC2CC(F)(F)C2)C1. The molecule has 2 aliphatic rings. The third-order valence-corrected chi connectivity index (χ3v) is 6.10. The number of ether oxygens (including phenoxy) is 1. The average molecular weight is 456 g/mol. The Hall–Kier alpha value is -3.76. The number of anilines is 1. The van der Waals surface area contributed by atoms with Crippen LogP contribution in [0.2, 0.25) is 0 Å². The molecule has 0 spiro atoms. The van der Waals surface area contributed by atoms with Crippen molar-refractivity contribution in [1.29, 1.82) is 0 Å². The van der Waals surface area contributed by atoms with E-state index in [-0.39, 0.29) is 36.5 Å². The normalized spacial score (nSPS) is 21.6. The van der Waals surface area contributed by atoms with Crippen LogP contribution in [0.4, 0.5) is 19.3 Å². The van der Waals surface area contributed by atoms with Crippen LogP contribution in [0.25, 0.3) is 22.0 Å². The number of aromatic nitrogens is 3. The molecule has 5 N–H and O–H groups in total. The Kier molecular flexibility index (Phi) is 5.10. The summed E-state index contributed by atoms with van der Waals surface area (Å²) in [7, 11) is 0. The number of rotatable bonds is 6. The first-order valence-electron chi connectivity index (χ1n) is 10.6. The first-order valence-corrected chi connectivity index (χ1v) is 10.6. The number of H-pyrrole nitrogens is 1. The van der Waals surface area contributed by atoms with E-state index >= 15 is 0 Å². The van der Waals surface area contributed by atoms with Crippen LogP contribution < -0.4 is 16.4 Å². The van der Waals surface area contributed by atoms with Crippen LogP contribution >= 0.6 is 0 Å². The molecule has 0 bridgehead atoms. The molecular formula is C22H22F2N6O3. The standard InChI is InChI=1S/C22H22F2N6O3/c23-22(24)6-14(7-22)29-19-16-3-11(12-8-27-28-9-12)1-2-18(16)26-10-17(19)20(31)30-13-4-15(5-13)33-21(25)32/h1-3,8-10,13-15H,4-7H2,(H2,25,32)(H,26,29)(H,27,28)(H,30,31)/t13-,15-. The van der Waals surface area contributed by atoms with Gasteiger partial charge in [-0.3, -0.25) is 14.9 Å². The second kappa shape index (κ2) is 7.98. The van der Waals surface area contributed by atoms with Crippen LogP contribution in [0, 0.1) is 0 Å². The van der Waals surface area contributed by atoms with E-state index in [1.807, 2.05) is 18.2 Å². The van der Waals surface area contributed by atoms with E-state index < -0.39 is 18.1 Å². The molecule has 1 aromatic carbocycles. The number of nitrogens with two attached hydrogens (primary N) is 1. The smallest absolute Gasteiger partial charge is 0.404 e. The van der Waals surface area contributed by atoms with Crippen molar-refractivity contribution in [2.24, 2.45) is 5.73 Å². The van der Waals surface area contributed by atoms with Crippen molar-refractivity contribution in [3.05, 3.63) is 42.4 Å². The van der Waals surface area contributed by atoms with Crippen molar-refractivity contribution in [1.82, 2.24) is 20.5 Å². The lowest BCUT2D eigenvalue weighted by atomic mass is 9.87. The molecule has 2 aromatic heterocycles. The number of nitrogens with zero attached hydrogens (tertiary/aromatic N) is 2. The minimum absolute atomic E-state index is 0.185. The number of carbonyl (C=O) groups excluding carboxylic acids is 2. The summed E-state index contributed by atoms with van der Waals surface area (Å²) in [6.07, 6.45) is 4.01. The van der Waals surface area contributed by atoms with Gasteiger partial charge in [0.25, 0.3) is 11.8 Å². The Morgan fingerprint density at radius 2 is 1.94 bits per heavy atom. The highest BCUT2D eigenvalue weighted by Gasteiger charge is 2.45. The number of nitrogens with one attached hydrogen (secondary N) is 3. The number of hydrogen-bond acceptors (Lipinski definition) is 6. The van der Waals surface area contributed by atoms with Crippen LogP contribution in [0.15, 0.2) is 36.8 Å². The van der Waals surface area contributed by atoms with E-state index in [9.17, 15) is 18.4 Å². The third-order valence-electron chi connectivity index (χ3n) is 6.10. The largest absolute Gasteiger partial charge is 0.446 e. The highest BCUT2D eigenvalue weighted by molar-refractivity contribution is 6.08. The van der Waals surface area contributed by atoms with Crippen molar-refractivity contribution in [3.8, 4) is 11.1 Å². The number of carbonyl (C=O) groups is 2. The Morgan fingerprint density at radius 3 is 2.61 bits per heavy atom. The molecule has 11 heteroatoms. The Morgan fingerprint density at radius 1 is 1.15 bits per heavy atom. The van der Waals surface area contributed by atoms with Crippen LogP contribution in [-0.2, 0) is 4.74 Å². The quantitative estimate of drug-likeness (QED) is 0.450. The average Bonchev–Trinajstić information content (AvgIpc) is 3.25. The highest BCUT2D eigenvalue weighted by Crippen LogP contribution is 2.41. The van der Waals surface area contributed by atoms with Crippen molar-refractivity contribution >= 4 is 28.6 Å². The van der Waals surface area contributed by atoms with Gasteiger partial charge in [-0.1, -0.05) is 6.07 Å². The molecule has 2 amide bonds. The van der Waals surface area contributed by atoms with Crippen molar-refractivity contribution in [3.63, 3.8) is 0 Å². The van der Waals surface area contributed by atoms with Crippen LogP contribution in [0.1, 0.15) is 36.0 Å². The molecular weight excluding hydrogens is 434 g/mol. The van der Waals surface area contributed by atoms with E-state index in [1.165, 1.54) is 6.20 Å².